The second kappa shape index (κ2) is 8.50. The number of nitrogens with zero attached hydrogens (tertiary/aromatic N) is 1. The van der Waals surface area contributed by atoms with Crippen LogP contribution in [0.1, 0.15) is 31.2 Å². The Labute approximate surface area is 157 Å². The monoisotopic (exact) mass is 430 g/mol. The van der Waals surface area contributed by atoms with Crippen molar-refractivity contribution in [2.24, 2.45) is 5.14 Å². The van der Waals surface area contributed by atoms with Crippen molar-refractivity contribution in [3.63, 3.8) is 0 Å². The predicted octanol–water partition coefficient (Wildman–Crippen LogP) is 2.47. The van der Waals surface area contributed by atoms with Gasteiger partial charge in [-0.3, -0.25) is 0 Å². The quantitative estimate of drug-likeness (QED) is 0.248. The lowest BCUT2D eigenvalue weighted by Crippen LogP contribution is -2.35. The van der Waals surface area contributed by atoms with E-state index < -0.39 is 31.7 Å². The molecule has 1 aliphatic rings. The highest BCUT2D eigenvalue weighted by atomic mass is 32.2. The molecule has 1 atom stereocenters. The third-order valence-electron chi connectivity index (χ3n) is 3.67. The van der Waals surface area contributed by atoms with Gasteiger partial charge in [0.05, 0.1) is 28.9 Å². The molecule has 27 heavy (non-hydrogen) atoms. The van der Waals surface area contributed by atoms with Crippen LogP contribution in [0, 0.1) is 10.1 Å². The largest absolute Gasteiger partial charge is 0.417 e. The lowest BCUT2D eigenvalue weighted by atomic mass is 10.1. The van der Waals surface area contributed by atoms with E-state index in [0.717, 1.165) is 24.1 Å². The summed E-state index contributed by atoms with van der Waals surface area (Å²) < 4.78 is 65.5. The Morgan fingerprint density at radius 2 is 2.00 bits per heavy atom. The fourth-order valence-corrected chi connectivity index (χ4v) is 4.15. The molecule has 0 amide bonds. The number of unbranched alkanes of at least 4 members (excludes halogenated alkanes) is 2. The highest BCUT2D eigenvalue weighted by Gasteiger charge is 2.38. The summed E-state index contributed by atoms with van der Waals surface area (Å²) in [5.74, 6) is 0. The Morgan fingerprint density at radius 3 is 2.59 bits per heavy atom. The van der Waals surface area contributed by atoms with Crippen LogP contribution in [0.15, 0.2) is 21.9 Å². The zero-order valence-corrected chi connectivity index (χ0v) is 15.4. The first kappa shape index (κ1) is 21.5. The Morgan fingerprint density at radius 1 is 1.30 bits per heavy atom. The summed E-state index contributed by atoms with van der Waals surface area (Å²) in [6.45, 7) is -0.0125. The summed E-state index contributed by atoms with van der Waals surface area (Å²) in [6.07, 6.45) is -2.90. The topological polar surface area (TPSA) is 137 Å². The van der Waals surface area contributed by atoms with Crippen LogP contribution in [0.5, 0.6) is 0 Å². The fraction of sp³-hybridized carbons (Fsp3) is 0.538. The average Bonchev–Trinajstić information content (AvgIpc) is 2.54. The van der Waals surface area contributed by atoms with Crippen molar-refractivity contribution in [3.05, 3.63) is 27.8 Å². The van der Waals surface area contributed by atoms with Gasteiger partial charge < -0.3 is 10.2 Å². The summed E-state index contributed by atoms with van der Waals surface area (Å²) in [5.41, 5.74) is -1.17. The van der Waals surface area contributed by atoms with Gasteiger partial charge in [0.2, 0.25) is 10.0 Å². The van der Waals surface area contributed by atoms with Crippen molar-refractivity contribution < 1.29 is 31.5 Å². The molecule has 0 spiro atoms. The molecule has 1 aromatic carbocycles. The van der Waals surface area contributed by atoms with Gasteiger partial charge in [0.25, 0.3) is 5.09 Å². The molecule has 2 rings (SSSR count). The number of nitrogens with one attached hydrogen (secondary N) is 2. The second-order valence-electron chi connectivity index (χ2n) is 5.71. The third kappa shape index (κ3) is 6.12. The van der Waals surface area contributed by atoms with Gasteiger partial charge in [-0.15, -0.1) is 10.1 Å². The second-order valence-corrected chi connectivity index (χ2v) is 8.12. The number of hydrogen-bond donors (Lipinski definition) is 3. The van der Waals surface area contributed by atoms with Gasteiger partial charge in [-0.25, -0.2) is 18.3 Å². The first-order chi connectivity index (χ1) is 12.5. The molecule has 1 unspecified atom stereocenters. The summed E-state index contributed by atoms with van der Waals surface area (Å²) >= 11 is 1.00. The maximum absolute atomic E-state index is 13.2. The predicted molar refractivity (Wildman–Crippen MR) is 90.6 cm³/mol. The van der Waals surface area contributed by atoms with E-state index in [2.05, 4.69) is 14.9 Å². The number of anilines is 1. The van der Waals surface area contributed by atoms with Gasteiger partial charge in [-0.05, 0) is 43.3 Å². The van der Waals surface area contributed by atoms with Gasteiger partial charge in [-0.2, -0.15) is 13.2 Å². The molecule has 0 fully saturated rings. The van der Waals surface area contributed by atoms with Crippen molar-refractivity contribution in [3.8, 4) is 0 Å². The minimum Gasteiger partial charge on any atom is -0.368 e. The molecule has 9 nitrogen and oxygen atoms in total. The van der Waals surface area contributed by atoms with Crippen LogP contribution in [0.3, 0.4) is 0 Å². The number of fused-ring (bicyclic) bond motifs is 1. The standard InChI is InChI=1S/C13H17F3N4O5S2/c14-13(15,16)8-6-9-10(7-11(8)27(17,23)24)26-19-12(18-9)4-2-1-3-5-25-20(21)22/h6-7,12,18-19H,1-5H2,(H2,17,23,24). The van der Waals surface area contributed by atoms with Crippen LogP contribution in [-0.4, -0.2) is 26.3 Å². The normalized spacial score (nSPS) is 17.1. The van der Waals surface area contributed by atoms with E-state index in [1.165, 1.54) is 0 Å². The van der Waals surface area contributed by atoms with E-state index in [4.69, 9.17) is 5.14 Å². The number of halogens is 3. The van der Waals surface area contributed by atoms with Gasteiger partial charge >= 0.3 is 6.18 Å². The Hall–Kier alpha value is -1.77. The van der Waals surface area contributed by atoms with Crippen LogP contribution in [0.25, 0.3) is 0 Å². The molecule has 0 aromatic heterocycles. The highest BCUT2D eigenvalue weighted by molar-refractivity contribution is 7.97. The zero-order chi connectivity index (χ0) is 20.2. The van der Waals surface area contributed by atoms with Crippen LogP contribution in [0.2, 0.25) is 0 Å². The summed E-state index contributed by atoms with van der Waals surface area (Å²) in [6, 6.07) is 1.63. The first-order valence-electron chi connectivity index (χ1n) is 7.73. The van der Waals surface area contributed by atoms with E-state index in [0.29, 0.717) is 25.7 Å². The number of nitrogens with two attached hydrogens (primary N) is 1. The molecule has 4 N–H and O–H groups in total. The van der Waals surface area contributed by atoms with Crippen LogP contribution in [-0.2, 0) is 21.0 Å². The number of rotatable bonds is 8. The Kier molecular flexibility index (Phi) is 6.77. The summed E-state index contributed by atoms with van der Waals surface area (Å²) in [7, 11) is -4.54. The number of alkyl halides is 3. The first-order valence-corrected chi connectivity index (χ1v) is 10.1. The molecular formula is C13H17F3N4O5S2. The molecule has 0 aliphatic carbocycles. The van der Waals surface area contributed by atoms with Crippen LogP contribution < -0.4 is 15.2 Å². The molecule has 1 aliphatic heterocycles. The van der Waals surface area contributed by atoms with Gasteiger partial charge in [0, 0.05) is 4.90 Å². The smallest absolute Gasteiger partial charge is 0.368 e. The minimum absolute atomic E-state index is 0.0125. The highest BCUT2D eigenvalue weighted by Crippen LogP contribution is 2.41. The molecule has 14 heteroatoms. The Bertz CT molecular complexity index is 804. The molecule has 1 heterocycles. The van der Waals surface area contributed by atoms with E-state index in [9.17, 15) is 31.7 Å². The van der Waals surface area contributed by atoms with Gasteiger partial charge in [0.15, 0.2) is 0 Å². The fourth-order valence-electron chi connectivity index (χ4n) is 2.46. The van der Waals surface area contributed by atoms with Crippen LogP contribution >= 0.6 is 11.9 Å². The number of hydrogen-bond acceptors (Lipinski definition) is 8. The van der Waals surface area contributed by atoms with Crippen LogP contribution in [0.4, 0.5) is 18.9 Å². The SMILES string of the molecule is NS(=O)(=O)c1cc2c(cc1C(F)(F)F)NC(CCCCCO[N+](=O)[O-])NS2. The van der Waals surface area contributed by atoms with Crippen molar-refractivity contribution in [2.75, 3.05) is 11.9 Å². The number of sulfonamides is 1. The van der Waals surface area contributed by atoms with Gasteiger partial charge in [0.1, 0.15) is 0 Å². The van der Waals surface area contributed by atoms with E-state index in [1.54, 1.807) is 0 Å². The number of benzene rings is 1. The maximum Gasteiger partial charge on any atom is 0.417 e. The Balaban J connectivity index is 2.04. The molecule has 0 bridgehead atoms. The van der Waals surface area contributed by atoms with E-state index in [-0.39, 0.29) is 23.4 Å². The summed E-state index contributed by atoms with van der Waals surface area (Å²) in [5, 5.41) is 16.9. The van der Waals surface area contributed by atoms with Crippen molar-refractivity contribution in [2.45, 2.75) is 47.8 Å². The lowest BCUT2D eigenvalue weighted by Gasteiger charge is -2.29. The molecule has 0 saturated carbocycles. The van der Waals surface area contributed by atoms with E-state index in [1.807, 2.05) is 0 Å². The lowest BCUT2D eigenvalue weighted by molar-refractivity contribution is -0.757. The number of primary sulfonamides is 1. The molecule has 1 aromatic rings. The van der Waals surface area contributed by atoms with Crippen molar-refractivity contribution >= 4 is 27.7 Å². The average molecular weight is 430 g/mol. The molecule has 0 saturated heterocycles. The van der Waals surface area contributed by atoms with Crippen molar-refractivity contribution in [1.82, 2.24) is 4.72 Å². The molecular weight excluding hydrogens is 413 g/mol. The zero-order valence-electron chi connectivity index (χ0n) is 13.8. The molecule has 152 valence electrons. The maximum atomic E-state index is 13.2. The van der Waals surface area contributed by atoms with E-state index >= 15 is 0 Å². The molecule has 0 radical (unpaired) electrons. The minimum atomic E-state index is -4.87. The van der Waals surface area contributed by atoms with Gasteiger partial charge in [-0.1, -0.05) is 6.42 Å². The third-order valence-corrected chi connectivity index (χ3v) is 5.58. The van der Waals surface area contributed by atoms with Crippen molar-refractivity contribution in [1.29, 1.82) is 0 Å². The summed E-state index contributed by atoms with van der Waals surface area (Å²) in [4.78, 5) is 13.5.